The van der Waals surface area contributed by atoms with Gasteiger partial charge in [0.15, 0.2) is 0 Å². The van der Waals surface area contributed by atoms with E-state index in [1.807, 2.05) is 13.8 Å². The van der Waals surface area contributed by atoms with Gasteiger partial charge in [-0.15, -0.1) is 0 Å². The fourth-order valence-corrected chi connectivity index (χ4v) is 3.95. The molecule has 0 spiro atoms. The average Bonchev–Trinajstić information content (AvgIpc) is 3.11. The lowest BCUT2D eigenvalue weighted by Gasteiger charge is -2.36. The van der Waals surface area contributed by atoms with Gasteiger partial charge in [-0.2, -0.15) is 5.26 Å². The molecule has 2 fully saturated rings. The molecule has 8 nitrogen and oxygen atoms in total. The van der Waals surface area contributed by atoms with Crippen molar-refractivity contribution < 1.29 is 18.7 Å². The van der Waals surface area contributed by atoms with E-state index in [1.54, 1.807) is 17.0 Å². The number of pyridine rings is 1. The highest BCUT2D eigenvalue weighted by Crippen LogP contribution is 2.26. The van der Waals surface area contributed by atoms with E-state index in [0.717, 1.165) is 11.4 Å². The summed E-state index contributed by atoms with van der Waals surface area (Å²) < 4.78 is 19.7. The van der Waals surface area contributed by atoms with E-state index in [4.69, 9.17) is 10.00 Å². The molecule has 1 aromatic carbocycles. The normalized spacial score (nSPS) is 18.7. The minimum absolute atomic E-state index is 0.0231. The van der Waals surface area contributed by atoms with Crippen molar-refractivity contribution in [1.29, 1.82) is 5.26 Å². The fourth-order valence-electron chi connectivity index (χ4n) is 3.95. The van der Waals surface area contributed by atoms with E-state index < -0.39 is 11.9 Å². The lowest BCUT2D eigenvalue weighted by atomic mass is 10.1. The molecule has 2 saturated heterocycles. The number of aryl methyl sites for hydroxylation is 1. The zero-order valence-corrected chi connectivity index (χ0v) is 17.3. The molecule has 1 atom stereocenters. The molecular weight excluding hydrogens is 401 g/mol. The Hall–Kier alpha value is -3.67. The lowest BCUT2D eigenvalue weighted by Crippen LogP contribution is -2.49. The quantitative estimate of drug-likeness (QED) is 0.754. The molecular formula is C22H22FN5O3. The smallest absolute Gasteiger partial charge is 0.414 e. The van der Waals surface area contributed by atoms with Gasteiger partial charge in [0, 0.05) is 32.4 Å². The van der Waals surface area contributed by atoms with Gasteiger partial charge in [-0.25, -0.2) is 14.2 Å². The van der Waals surface area contributed by atoms with Crippen LogP contribution in [0.2, 0.25) is 0 Å². The third-order valence-electron chi connectivity index (χ3n) is 5.59. The summed E-state index contributed by atoms with van der Waals surface area (Å²) in [5.74, 6) is -0.264. The zero-order valence-electron chi connectivity index (χ0n) is 17.3. The molecule has 1 aromatic heterocycles. The van der Waals surface area contributed by atoms with Crippen molar-refractivity contribution in [2.45, 2.75) is 19.9 Å². The van der Waals surface area contributed by atoms with Crippen molar-refractivity contribution in [2.24, 2.45) is 0 Å². The van der Waals surface area contributed by atoms with Crippen LogP contribution in [0.4, 0.5) is 20.7 Å². The van der Waals surface area contributed by atoms with E-state index in [9.17, 15) is 14.0 Å². The summed E-state index contributed by atoms with van der Waals surface area (Å²) in [5, 5.41) is 8.99. The van der Waals surface area contributed by atoms with E-state index in [0.29, 0.717) is 37.4 Å². The second kappa shape index (κ2) is 8.22. The lowest BCUT2D eigenvalue weighted by molar-refractivity contribution is 0.0742. The van der Waals surface area contributed by atoms with Gasteiger partial charge < -0.3 is 14.5 Å². The van der Waals surface area contributed by atoms with E-state index in [2.05, 4.69) is 16.0 Å². The second-order valence-corrected chi connectivity index (χ2v) is 7.72. The van der Waals surface area contributed by atoms with Crippen molar-refractivity contribution >= 4 is 23.5 Å². The summed E-state index contributed by atoms with van der Waals surface area (Å²) >= 11 is 0. The Morgan fingerprint density at radius 3 is 2.58 bits per heavy atom. The van der Waals surface area contributed by atoms with Crippen LogP contribution in [0.15, 0.2) is 30.5 Å². The molecule has 0 N–H and O–H groups in total. The molecule has 0 bridgehead atoms. The number of aromatic nitrogens is 1. The maximum absolute atomic E-state index is 14.8. The van der Waals surface area contributed by atoms with Gasteiger partial charge in [-0.1, -0.05) is 0 Å². The molecule has 160 valence electrons. The first-order valence-corrected chi connectivity index (χ1v) is 10.1. The molecule has 4 rings (SSSR count). The number of hydrogen-bond donors (Lipinski definition) is 0. The number of nitrogens with zero attached hydrogens (tertiary/aromatic N) is 5. The van der Waals surface area contributed by atoms with E-state index >= 15 is 0 Å². The molecule has 0 unspecified atom stereocenters. The Morgan fingerprint density at radius 1 is 1.26 bits per heavy atom. The first kappa shape index (κ1) is 20.6. The van der Waals surface area contributed by atoms with E-state index in [-0.39, 0.29) is 24.1 Å². The van der Waals surface area contributed by atoms with Crippen LogP contribution in [0.25, 0.3) is 0 Å². The standard InChI is InChI=1S/C22H22FN5O3/c1-14-9-16(11-24)12-25-20(14)26-5-7-27(8-6-26)21(29)18-4-3-17(10-19(18)23)28-15(2)13-31-22(28)30/h3-4,9-10,12,15H,5-8,13H2,1-2H3/t15-/m1/s1. The molecule has 2 aliphatic rings. The van der Waals surface area contributed by atoms with Crippen molar-refractivity contribution in [2.75, 3.05) is 42.6 Å². The molecule has 2 amide bonds. The number of anilines is 2. The topological polar surface area (TPSA) is 89.8 Å². The SMILES string of the molecule is Cc1cc(C#N)cnc1N1CCN(C(=O)c2ccc(N3C(=O)OC[C@H]3C)cc2F)CC1. The summed E-state index contributed by atoms with van der Waals surface area (Å²) in [6, 6.07) is 7.86. The van der Waals surface area contributed by atoms with Gasteiger partial charge >= 0.3 is 6.09 Å². The summed E-state index contributed by atoms with van der Waals surface area (Å²) in [7, 11) is 0. The van der Waals surface area contributed by atoms with E-state index in [1.165, 1.54) is 23.2 Å². The second-order valence-electron chi connectivity index (χ2n) is 7.72. The fraction of sp³-hybridized carbons (Fsp3) is 0.364. The Balaban J connectivity index is 1.44. The number of amides is 2. The monoisotopic (exact) mass is 423 g/mol. The number of benzene rings is 1. The number of carbonyl (C=O) groups is 2. The predicted molar refractivity (Wildman–Crippen MR) is 111 cm³/mol. The highest BCUT2D eigenvalue weighted by Gasteiger charge is 2.32. The van der Waals surface area contributed by atoms with Crippen LogP contribution in [0.5, 0.6) is 0 Å². The molecule has 31 heavy (non-hydrogen) atoms. The van der Waals surface area contributed by atoms with Crippen LogP contribution in [-0.2, 0) is 4.74 Å². The summed E-state index contributed by atoms with van der Waals surface area (Å²) in [5.41, 5.74) is 1.75. The van der Waals surface area contributed by atoms with Crippen LogP contribution < -0.4 is 9.80 Å². The molecule has 9 heteroatoms. The maximum atomic E-state index is 14.8. The largest absolute Gasteiger partial charge is 0.447 e. The van der Waals surface area contributed by atoms with Crippen LogP contribution in [0, 0.1) is 24.1 Å². The molecule has 2 aromatic rings. The first-order valence-electron chi connectivity index (χ1n) is 10.1. The molecule has 2 aliphatic heterocycles. The molecule has 0 saturated carbocycles. The predicted octanol–water partition coefficient (Wildman–Crippen LogP) is 2.71. The van der Waals surface area contributed by atoms with Gasteiger partial charge in [-0.3, -0.25) is 9.69 Å². The molecule has 3 heterocycles. The summed E-state index contributed by atoms with van der Waals surface area (Å²) in [6.07, 6.45) is 1.02. The van der Waals surface area contributed by atoms with Crippen LogP contribution in [0.3, 0.4) is 0 Å². The Bertz CT molecular complexity index is 1080. The Kier molecular flexibility index (Phi) is 5.46. The average molecular weight is 423 g/mol. The van der Waals surface area contributed by atoms with Crippen LogP contribution in [-0.4, -0.2) is 60.7 Å². The first-order chi connectivity index (χ1) is 14.9. The molecule has 0 radical (unpaired) electrons. The third kappa shape index (κ3) is 3.89. The minimum Gasteiger partial charge on any atom is -0.447 e. The van der Waals surface area contributed by atoms with Crippen molar-refractivity contribution in [3.8, 4) is 6.07 Å². The molecule has 0 aliphatic carbocycles. The Labute approximate surface area is 179 Å². The highest BCUT2D eigenvalue weighted by atomic mass is 19.1. The van der Waals surface area contributed by atoms with Crippen LogP contribution >= 0.6 is 0 Å². The third-order valence-corrected chi connectivity index (χ3v) is 5.59. The number of halogens is 1. The highest BCUT2D eigenvalue weighted by molar-refractivity contribution is 5.96. The van der Waals surface area contributed by atoms with Gasteiger partial charge in [0.2, 0.25) is 0 Å². The number of piperazine rings is 1. The number of carbonyl (C=O) groups excluding carboxylic acids is 2. The Morgan fingerprint density at radius 2 is 2.00 bits per heavy atom. The van der Waals surface area contributed by atoms with Crippen molar-refractivity contribution in [3.63, 3.8) is 0 Å². The number of nitriles is 1. The number of ether oxygens (including phenoxy) is 1. The summed E-state index contributed by atoms with van der Waals surface area (Å²) in [4.78, 5) is 34.2. The zero-order chi connectivity index (χ0) is 22.1. The summed E-state index contributed by atoms with van der Waals surface area (Å²) in [6.45, 7) is 5.93. The number of rotatable bonds is 3. The van der Waals surface area contributed by atoms with Gasteiger partial charge in [0.1, 0.15) is 24.3 Å². The van der Waals surface area contributed by atoms with Gasteiger partial charge in [0.05, 0.1) is 22.9 Å². The van der Waals surface area contributed by atoms with Crippen LogP contribution in [0.1, 0.15) is 28.4 Å². The van der Waals surface area contributed by atoms with Crippen molar-refractivity contribution in [3.05, 3.63) is 53.0 Å². The maximum Gasteiger partial charge on any atom is 0.414 e. The minimum atomic E-state index is -0.665. The van der Waals surface area contributed by atoms with Crippen molar-refractivity contribution in [1.82, 2.24) is 9.88 Å². The van der Waals surface area contributed by atoms with Gasteiger partial charge in [0.25, 0.3) is 5.91 Å². The van der Waals surface area contributed by atoms with Gasteiger partial charge in [-0.05, 0) is 43.7 Å². The number of hydrogen-bond acceptors (Lipinski definition) is 6. The number of cyclic esters (lactones) is 1.